The molecule has 0 spiro atoms. The third-order valence-electron chi connectivity index (χ3n) is 1.93. The minimum Gasteiger partial charge on any atom is -0.467 e. The number of hydrogen-bond acceptors (Lipinski definition) is 4. The van der Waals surface area contributed by atoms with Crippen LogP contribution in [0.3, 0.4) is 0 Å². The zero-order valence-electron chi connectivity index (χ0n) is 9.03. The van der Waals surface area contributed by atoms with Crippen LogP contribution >= 0.6 is 0 Å². The Bertz CT molecular complexity index is 216. The Morgan fingerprint density at radius 1 is 1.29 bits per heavy atom. The van der Waals surface area contributed by atoms with Crippen molar-refractivity contribution in [2.75, 3.05) is 7.11 Å². The van der Waals surface area contributed by atoms with E-state index in [4.69, 9.17) is 5.73 Å². The number of methoxy groups -OCH3 is 1. The second-order valence-corrected chi connectivity index (χ2v) is 3.52. The van der Waals surface area contributed by atoms with Crippen LogP contribution in [0.15, 0.2) is 0 Å². The van der Waals surface area contributed by atoms with Gasteiger partial charge in [-0.3, -0.25) is 4.79 Å². The second-order valence-electron chi connectivity index (χ2n) is 3.52. The lowest BCUT2D eigenvalue weighted by molar-refractivity contribution is -0.144. The summed E-state index contributed by atoms with van der Waals surface area (Å²) in [5.41, 5.74) is 5.59. The summed E-state index contributed by atoms with van der Waals surface area (Å²) in [6.07, 6.45) is 0. The monoisotopic (exact) mass is 202 g/mol. The first-order valence-electron chi connectivity index (χ1n) is 4.54. The second kappa shape index (κ2) is 5.59. The number of amides is 1. The summed E-state index contributed by atoms with van der Waals surface area (Å²) in [7, 11) is 1.27. The Morgan fingerprint density at radius 3 is 2.14 bits per heavy atom. The number of ether oxygens (including phenoxy) is 1. The SMILES string of the molecule is COC(=O)[C@H](C)NC(=O)[C@H](N)C(C)C. The molecule has 0 aliphatic carbocycles. The molecule has 0 saturated carbocycles. The van der Waals surface area contributed by atoms with Gasteiger partial charge in [-0.25, -0.2) is 4.79 Å². The van der Waals surface area contributed by atoms with Gasteiger partial charge in [-0.05, 0) is 12.8 Å². The lowest BCUT2D eigenvalue weighted by Gasteiger charge is -2.18. The van der Waals surface area contributed by atoms with Crippen LogP contribution in [0.1, 0.15) is 20.8 Å². The van der Waals surface area contributed by atoms with E-state index >= 15 is 0 Å². The summed E-state index contributed by atoms with van der Waals surface area (Å²) in [6, 6.07) is -1.25. The third-order valence-corrected chi connectivity index (χ3v) is 1.93. The fourth-order valence-corrected chi connectivity index (χ4v) is 0.848. The summed E-state index contributed by atoms with van der Waals surface area (Å²) >= 11 is 0. The standard InChI is InChI=1S/C9H18N2O3/c1-5(2)7(10)8(12)11-6(3)9(13)14-4/h5-7H,10H2,1-4H3,(H,11,12)/t6-,7+/m0/s1. The van der Waals surface area contributed by atoms with Gasteiger partial charge in [-0.2, -0.15) is 0 Å². The predicted molar refractivity (Wildman–Crippen MR) is 52.4 cm³/mol. The largest absolute Gasteiger partial charge is 0.467 e. The highest BCUT2D eigenvalue weighted by atomic mass is 16.5. The first-order valence-corrected chi connectivity index (χ1v) is 4.54. The van der Waals surface area contributed by atoms with E-state index in [1.54, 1.807) is 6.92 Å². The van der Waals surface area contributed by atoms with Crippen molar-refractivity contribution in [3.05, 3.63) is 0 Å². The predicted octanol–water partition coefficient (Wildman–Crippen LogP) is -0.353. The van der Waals surface area contributed by atoms with Crippen LogP contribution in [0.25, 0.3) is 0 Å². The van der Waals surface area contributed by atoms with Gasteiger partial charge in [0.1, 0.15) is 6.04 Å². The normalized spacial score (nSPS) is 14.7. The summed E-state index contributed by atoms with van der Waals surface area (Å²) in [6.45, 7) is 5.23. The number of rotatable bonds is 4. The molecule has 0 heterocycles. The van der Waals surface area contributed by atoms with Gasteiger partial charge >= 0.3 is 5.97 Å². The zero-order valence-corrected chi connectivity index (χ0v) is 9.03. The van der Waals surface area contributed by atoms with E-state index in [0.29, 0.717) is 0 Å². The quantitative estimate of drug-likeness (QED) is 0.610. The molecule has 0 fully saturated rings. The highest BCUT2D eigenvalue weighted by molar-refractivity contribution is 5.87. The molecule has 5 nitrogen and oxygen atoms in total. The summed E-state index contributed by atoms with van der Waals surface area (Å²) in [5, 5.41) is 2.47. The van der Waals surface area contributed by atoms with Gasteiger partial charge < -0.3 is 15.8 Å². The smallest absolute Gasteiger partial charge is 0.328 e. The van der Waals surface area contributed by atoms with Crippen LogP contribution in [0.5, 0.6) is 0 Å². The molecule has 0 rings (SSSR count). The average Bonchev–Trinajstić information content (AvgIpc) is 2.14. The molecule has 0 saturated heterocycles. The van der Waals surface area contributed by atoms with Crippen LogP contribution in [0.4, 0.5) is 0 Å². The first kappa shape index (κ1) is 12.9. The molecule has 0 bridgehead atoms. The Hall–Kier alpha value is -1.10. The maximum atomic E-state index is 11.4. The highest BCUT2D eigenvalue weighted by Crippen LogP contribution is 1.98. The van der Waals surface area contributed by atoms with E-state index in [2.05, 4.69) is 10.1 Å². The fourth-order valence-electron chi connectivity index (χ4n) is 0.848. The number of carbonyl (C=O) groups excluding carboxylic acids is 2. The zero-order chi connectivity index (χ0) is 11.3. The summed E-state index contributed by atoms with van der Waals surface area (Å²) in [5.74, 6) is -0.771. The molecule has 82 valence electrons. The molecular weight excluding hydrogens is 184 g/mol. The van der Waals surface area contributed by atoms with Gasteiger partial charge in [-0.15, -0.1) is 0 Å². The van der Waals surface area contributed by atoms with Gasteiger partial charge in [0.05, 0.1) is 13.2 Å². The summed E-state index contributed by atoms with van der Waals surface area (Å²) < 4.78 is 4.46. The molecule has 0 aliphatic heterocycles. The van der Waals surface area contributed by atoms with Crippen molar-refractivity contribution in [1.29, 1.82) is 0 Å². The van der Waals surface area contributed by atoms with E-state index in [9.17, 15) is 9.59 Å². The van der Waals surface area contributed by atoms with Crippen molar-refractivity contribution in [3.63, 3.8) is 0 Å². The van der Waals surface area contributed by atoms with Crippen molar-refractivity contribution in [2.45, 2.75) is 32.9 Å². The molecule has 14 heavy (non-hydrogen) atoms. The van der Waals surface area contributed by atoms with Crippen LogP contribution in [0, 0.1) is 5.92 Å². The minimum atomic E-state index is -0.655. The fraction of sp³-hybridized carbons (Fsp3) is 0.778. The van der Waals surface area contributed by atoms with E-state index in [1.807, 2.05) is 13.8 Å². The van der Waals surface area contributed by atoms with Gasteiger partial charge in [-0.1, -0.05) is 13.8 Å². The first-order chi connectivity index (χ1) is 6.40. The number of nitrogens with one attached hydrogen (secondary N) is 1. The van der Waals surface area contributed by atoms with Crippen molar-refractivity contribution in [1.82, 2.24) is 5.32 Å². The lowest BCUT2D eigenvalue weighted by Crippen LogP contribution is -2.49. The van der Waals surface area contributed by atoms with Crippen LogP contribution in [-0.2, 0) is 14.3 Å². The molecule has 1 amide bonds. The van der Waals surface area contributed by atoms with E-state index in [-0.39, 0.29) is 11.8 Å². The van der Waals surface area contributed by atoms with E-state index in [0.717, 1.165) is 0 Å². The topological polar surface area (TPSA) is 81.4 Å². The van der Waals surface area contributed by atoms with Crippen molar-refractivity contribution in [2.24, 2.45) is 11.7 Å². The summed E-state index contributed by atoms with van der Waals surface area (Å²) in [4.78, 5) is 22.3. The average molecular weight is 202 g/mol. The number of nitrogens with two attached hydrogens (primary N) is 1. The maximum absolute atomic E-state index is 11.4. The van der Waals surface area contributed by atoms with Crippen LogP contribution < -0.4 is 11.1 Å². The molecular formula is C9H18N2O3. The van der Waals surface area contributed by atoms with Gasteiger partial charge in [0.15, 0.2) is 0 Å². The Balaban J connectivity index is 4.12. The highest BCUT2D eigenvalue weighted by Gasteiger charge is 2.22. The number of carbonyl (C=O) groups is 2. The molecule has 0 aromatic heterocycles. The van der Waals surface area contributed by atoms with Gasteiger partial charge in [0, 0.05) is 0 Å². The maximum Gasteiger partial charge on any atom is 0.328 e. The molecule has 0 aromatic carbocycles. The number of esters is 1. The molecule has 0 aliphatic rings. The van der Waals surface area contributed by atoms with Gasteiger partial charge in [0.2, 0.25) is 5.91 Å². The van der Waals surface area contributed by atoms with Gasteiger partial charge in [0.25, 0.3) is 0 Å². The molecule has 5 heteroatoms. The Labute approximate surface area is 84.0 Å². The molecule has 0 radical (unpaired) electrons. The number of hydrogen-bond donors (Lipinski definition) is 2. The van der Waals surface area contributed by atoms with Crippen molar-refractivity contribution in [3.8, 4) is 0 Å². The molecule has 2 atom stereocenters. The Morgan fingerprint density at radius 2 is 1.79 bits per heavy atom. The lowest BCUT2D eigenvalue weighted by atomic mass is 10.0. The molecule has 3 N–H and O–H groups in total. The Kier molecular flexibility index (Phi) is 5.15. The van der Waals surface area contributed by atoms with Crippen LogP contribution in [-0.4, -0.2) is 31.1 Å². The third kappa shape index (κ3) is 3.74. The van der Waals surface area contributed by atoms with E-state index < -0.39 is 18.1 Å². The minimum absolute atomic E-state index is 0.0415. The van der Waals surface area contributed by atoms with E-state index in [1.165, 1.54) is 7.11 Å². The van der Waals surface area contributed by atoms with Crippen LogP contribution in [0.2, 0.25) is 0 Å². The van der Waals surface area contributed by atoms with Crippen molar-refractivity contribution < 1.29 is 14.3 Å². The molecule has 0 unspecified atom stereocenters. The molecule has 0 aromatic rings. The van der Waals surface area contributed by atoms with Crippen molar-refractivity contribution >= 4 is 11.9 Å².